The Morgan fingerprint density at radius 1 is 1.44 bits per heavy atom. The maximum absolute atomic E-state index is 14.3. The second-order valence-electron chi connectivity index (χ2n) is 6.04. The number of nitrogens with one attached hydrogen (secondary N) is 1. The number of piperidine rings is 1. The van der Waals surface area contributed by atoms with Gasteiger partial charge < -0.3 is 5.32 Å². The van der Waals surface area contributed by atoms with Crippen LogP contribution in [0.25, 0.3) is 0 Å². The standard InChI is InChI=1S/C15H17FN2/c1-15-7-12-9(3-2-6-17-12)13-10(16)4-5-11(14(13)15)18-8-15/h4-5,8-9,12,17H,2-3,6-7H2,1H3/t9?,12-,15?/m1/s1. The van der Waals surface area contributed by atoms with Gasteiger partial charge in [-0.1, -0.05) is 6.92 Å². The largest absolute Gasteiger partial charge is 0.313 e. The summed E-state index contributed by atoms with van der Waals surface area (Å²) in [5.74, 6) is 0.298. The van der Waals surface area contributed by atoms with Crippen molar-refractivity contribution in [3.63, 3.8) is 0 Å². The first kappa shape index (κ1) is 10.7. The van der Waals surface area contributed by atoms with E-state index in [1.165, 1.54) is 0 Å². The smallest absolute Gasteiger partial charge is 0.127 e. The van der Waals surface area contributed by atoms with Crippen LogP contribution in [0.5, 0.6) is 0 Å². The number of benzene rings is 1. The predicted octanol–water partition coefficient (Wildman–Crippen LogP) is 3.04. The van der Waals surface area contributed by atoms with Gasteiger partial charge in [-0.25, -0.2) is 4.39 Å². The second-order valence-corrected chi connectivity index (χ2v) is 6.04. The SMILES string of the molecule is CC12C=Nc3ccc(F)c(c31)C1CCCN[C@@H]1C2. The van der Waals surface area contributed by atoms with Crippen LogP contribution in [0.2, 0.25) is 0 Å². The van der Waals surface area contributed by atoms with Gasteiger partial charge in [0.15, 0.2) is 0 Å². The topological polar surface area (TPSA) is 24.4 Å². The third-order valence-corrected chi connectivity index (χ3v) is 4.83. The number of hydrogen-bond donors (Lipinski definition) is 1. The van der Waals surface area contributed by atoms with Crippen LogP contribution in [0, 0.1) is 5.82 Å². The molecule has 1 N–H and O–H groups in total. The fraction of sp³-hybridized carbons (Fsp3) is 0.533. The van der Waals surface area contributed by atoms with Crippen LogP contribution in [-0.2, 0) is 5.41 Å². The van der Waals surface area contributed by atoms with Crippen LogP contribution in [0.3, 0.4) is 0 Å². The Morgan fingerprint density at radius 3 is 3.22 bits per heavy atom. The summed E-state index contributed by atoms with van der Waals surface area (Å²) in [5.41, 5.74) is 3.01. The van der Waals surface area contributed by atoms with E-state index in [1.807, 2.05) is 12.3 Å². The second kappa shape index (κ2) is 3.41. The third-order valence-electron chi connectivity index (χ3n) is 4.83. The van der Waals surface area contributed by atoms with E-state index in [-0.39, 0.29) is 11.2 Å². The van der Waals surface area contributed by atoms with Gasteiger partial charge in [0.05, 0.1) is 5.69 Å². The molecule has 0 radical (unpaired) electrons. The van der Waals surface area contributed by atoms with Gasteiger partial charge in [0.25, 0.3) is 0 Å². The molecule has 0 saturated carbocycles. The fourth-order valence-electron chi connectivity index (χ4n) is 4.05. The molecule has 3 aliphatic rings. The highest BCUT2D eigenvalue weighted by molar-refractivity contribution is 5.87. The lowest BCUT2D eigenvalue weighted by atomic mass is 9.64. The van der Waals surface area contributed by atoms with Crippen LogP contribution < -0.4 is 5.32 Å². The molecule has 0 amide bonds. The van der Waals surface area contributed by atoms with Crippen LogP contribution in [-0.4, -0.2) is 18.8 Å². The summed E-state index contributed by atoms with van der Waals surface area (Å²) in [5, 5.41) is 3.57. The van der Waals surface area contributed by atoms with Gasteiger partial charge in [0.1, 0.15) is 5.82 Å². The van der Waals surface area contributed by atoms with Crippen LogP contribution in [0.1, 0.15) is 43.2 Å². The number of nitrogens with zero attached hydrogens (tertiary/aromatic N) is 1. The Labute approximate surface area is 106 Å². The maximum atomic E-state index is 14.3. The van der Waals surface area contributed by atoms with Gasteiger partial charge >= 0.3 is 0 Å². The number of halogens is 1. The first-order valence-corrected chi connectivity index (χ1v) is 6.80. The van der Waals surface area contributed by atoms with Crippen LogP contribution in [0.15, 0.2) is 17.1 Å². The van der Waals surface area contributed by atoms with E-state index >= 15 is 0 Å². The van der Waals surface area contributed by atoms with Crippen molar-refractivity contribution >= 4 is 11.9 Å². The number of fused-ring (bicyclic) bond motifs is 2. The molecule has 94 valence electrons. The molecule has 1 saturated heterocycles. The van der Waals surface area contributed by atoms with Crippen LogP contribution in [0.4, 0.5) is 10.1 Å². The molecule has 18 heavy (non-hydrogen) atoms. The van der Waals surface area contributed by atoms with E-state index < -0.39 is 0 Å². The quantitative estimate of drug-likeness (QED) is 0.745. The molecular weight excluding hydrogens is 227 g/mol. The van der Waals surface area contributed by atoms with Gasteiger partial charge in [0, 0.05) is 23.6 Å². The highest BCUT2D eigenvalue weighted by atomic mass is 19.1. The van der Waals surface area contributed by atoms with Gasteiger partial charge in [-0.05, 0) is 49.1 Å². The molecule has 2 heterocycles. The average molecular weight is 244 g/mol. The molecule has 2 aliphatic heterocycles. The summed E-state index contributed by atoms with van der Waals surface area (Å²) in [6.45, 7) is 3.25. The minimum atomic E-state index is -0.0712. The van der Waals surface area contributed by atoms with E-state index in [9.17, 15) is 4.39 Å². The van der Waals surface area contributed by atoms with Crippen molar-refractivity contribution in [3.8, 4) is 0 Å². The van der Waals surface area contributed by atoms with Crippen molar-refractivity contribution in [2.75, 3.05) is 6.54 Å². The van der Waals surface area contributed by atoms with E-state index in [2.05, 4.69) is 17.2 Å². The zero-order valence-corrected chi connectivity index (χ0v) is 10.5. The Kier molecular flexibility index (Phi) is 2.03. The molecule has 1 aromatic carbocycles. The van der Waals surface area contributed by atoms with Crippen molar-refractivity contribution in [2.24, 2.45) is 4.99 Å². The number of aliphatic imine (C=N–C) groups is 1. The summed E-state index contributed by atoms with van der Waals surface area (Å²) in [6.07, 6.45) is 5.31. The number of hydrogen-bond acceptors (Lipinski definition) is 2. The van der Waals surface area contributed by atoms with Crippen molar-refractivity contribution in [2.45, 2.75) is 43.6 Å². The molecule has 1 aromatic rings. The van der Waals surface area contributed by atoms with Crippen molar-refractivity contribution in [1.29, 1.82) is 0 Å². The van der Waals surface area contributed by atoms with Gasteiger partial charge in [-0.3, -0.25) is 4.99 Å². The Hall–Kier alpha value is -1.22. The van der Waals surface area contributed by atoms with Gasteiger partial charge in [-0.15, -0.1) is 0 Å². The molecule has 1 fully saturated rings. The van der Waals surface area contributed by atoms with E-state index in [0.29, 0.717) is 12.0 Å². The lowest BCUT2D eigenvalue weighted by Gasteiger charge is -2.44. The molecular formula is C15H17FN2. The Morgan fingerprint density at radius 2 is 2.33 bits per heavy atom. The monoisotopic (exact) mass is 244 g/mol. The van der Waals surface area contributed by atoms with E-state index in [0.717, 1.165) is 42.6 Å². The normalized spacial score (nSPS) is 36.3. The fourth-order valence-corrected chi connectivity index (χ4v) is 4.05. The lowest BCUT2D eigenvalue weighted by Crippen LogP contribution is -2.48. The first-order valence-electron chi connectivity index (χ1n) is 6.80. The lowest BCUT2D eigenvalue weighted by molar-refractivity contribution is 0.280. The van der Waals surface area contributed by atoms with Gasteiger partial charge in [-0.2, -0.15) is 0 Å². The van der Waals surface area contributed by atoms with Crippen molar-refractivity contribution in [1.82, 2.24) is 5.32 Å². The molecule has 2 nitrogen and oxygen atoms in total. The van der Waals surface area contributed by atoms with Crippen molar-refractivity contribution < 1.29 is 4.39 Å². The molecule has 0 spiro atoms. The minimum Gasteiger partial charge on any atom is -0.313 e. The zero-order valence-electron chi connectivity index (χ0n) is 10.5. The summed E-state index contributed by atoms with van der Waals surface area (Å²) in [6, 6.07) is 3.83. The third kappa shape index (κ3) is 1.23. The zero-order chi connectivity index (χ0) is 12.3. The number of rotatable bonds is 0. The predicted molar refractivity (Wildman–Crippen MR) is 70.3 cm³/mol. The first-order chi connectivity index (χ1) is 8.69. The molecule has 3 atom stereocenters. The van der Waals surface area contributed by atoms with Crippen LogP contribution >= 0.6 is 0 Å². The van der Waals surface area contributed by atoms with Crippen molar-refractivity contribution in [3.05, 3.63) is 29.1 Å². The molecule has 2 unspecified atom stereocenters. The Balaban J connectivity index is 1.97. The molecule has 0 bridgehead atoms. The molecule has 1 aliphatic carbocycles. The highest BCUT2D eigenvalue weighted by Gasteiger charge is 2.46. The highest BCUT2D eigenvalue weighted by Crippen LogP contribution is 2.52. The minimum absolute atomic E-state index is 0.0381. The molecule has 0 aromatic heterocycles. The summed E-state index contributed by atoms with van der Waals surface area (Å²) < 4.78 is 14.3. The molecule has 3 heteroatoms. The van der Waals surface area contributed by atoms with E-state index in [4.69, 9.17) is 0 Å². The van der Waals surface area contributed by atoms with E-state index in [1.54, 1.807) is 6.07 Å². The summed E-state index contributed by atoms with van der Waals surface area (Å²) in [7, 11) is 0. The Bertz CT molecular complexity index is 552. The summed E-state index contributed by atoms with van der Waals surface area (Å²) >= 11 is 0. The maximum Gasteiger partial charge on any atom is 0.127 e. The van der Waals surface area contributed by atoms with Gasteiger partial charge in [0.2, 0.25) is 0 Å². The average Bonchev–Trinajstić information content (AvgIpc) is 2.70. The summed E-state index contributed by atoms with van der Waals surface area (Å²) in [4.78, 5) is 4.50. The molecule has 4 rings (SSSR count).